The molecule has 0 radical (unpaired) electrons. The van der Waals surface area contributed by atoms with E-state index in [0.29, 0.717) is 5.56 Å². The number of nitriles is 1. The van der Waals surface area contributed by atoms with Crippen LogP contribution in [-0.2, 0) is 6.54 Å². The van der Waals surface area contributed by atoms with Gasteiger partial charge in [0.2, 0.25) is 0 Å². The van der Waals surface area contributed by atoms with Crippen LogP contribution in [0.1, 0.15) is 11.1 Å². The summed E-state index contributed by atoms with van der Waals surface area (Å²) in [5.41, 5.74) is 2.79. The van der Waals surface area contributed by atoms with Crippen LogP contribution in [-0.4, -0.2) is 7.05 Å². The average Bonchev–Trinajstić information content (AvgIpc) is 2.42. The van der Waals surface area contributed by atoms with Crippen molar-refractivity contribution in [2.24, 2.45) is 0 Å². The largest absolute Gasteiger partial charge is 0.370 e. The summed E-state index contributed by atoms with van der Waals surface area (Å²) in [4.78, 5) is 2.09. The van der Waals surface area contributed by atoms with E-state index in [0.717, 1.165) is 27.3 Å². The van der Waals surface area contributed by atoms with Gasteiger partial charge in [0.1, 0.15) is 0 Å². The van der Waals surface area contributed by atoms with Gasteiger partial charge in [-0.3, -0.25) is 0 Å². The van der Waals surface area contributed by atoms with Crippen LogP contribution in [0.5, 0.6) is 0 Å². The van der Waals surface area contributed by atoms with E-state index in [9.17, 15) is 0 Å². The van der Waals surface area contributed by atoms with Gasteiger partial charge in [-0.05, 0) is 42.0 Å². The van der Waals surface area contributed by atoms with Crippen molar-refractivity contribution in [3.63, 3.8) is 0 Å². The van der Waals surface area contributed by atoms with Crippen molar-refractivity contribution in [1.82, 2.24) is 0 Å². The maximum Gasteiger partial charge on any atom is 0.0991 e. The van der Waals surface area contributed by atoms with Crippen LogP contribution in [0.2, 0.25) is 5.02 Å². The van der Waals surface area contributed by atoms with E-state index in [1.165, 1.54) is 0 Å². The van der Waals surface area contributed by atoms with Crippen molar-refractivity contribution in [3.8, 4) is 6.07 Å². The zero-order chi connectivity index (χ0) is 13.8. The monoisotopic (exact) mass is 334 g/mol. The Kier molecular flexibility index (Phi) is 4.47. The highest BCUT2D eigenvalue weighted by molar-refractivity contribution is 9.10. The maximum atomic E-state index is 8.78. The van der Waals surface area contributed by atoms with E-state index < -0.39 is 0 Å². The molecule has 4 heteroatoms. The van der Waals surface area contributed by atoms with Crippen molar-refractivity contribution >= 4 is 33.2 Å². The molecule has 0 saturated heterocycles. The Morgan fingerprint density at radius 1 is 1.21 bits per heavy atom. The van der Waals surface area contributed by atoms with Gasteiger partial charge in [-0.25, -0.2) is 0 Å². The number of nitrogens with zero attached hydrogens (tertiary/aromatic N) is 2. The molecule has 0 unspecified atom stereocenters. The Bertz CT molecular complexity index is 617. The molecule has 2 rings (SSSR count). The summed E-state index contributed by atoms with van der Waals surface area (Å²) in [5, 5.41) is 9.52. The van der Waals surface area contributed by atoms with Crippen molar-refractivity contribution in [3.05, 3.63) is 63.1 Å². The third kappa shape index (κ3) is 3.50. The molecule has 2 aromatic carbocycles. The lowest BCUT2D eigenvalue weighted by atomic mass is 10.2. The molecule has 2 nitrogen and oxygen atoms in total. The highest BCUT2D eigenvalue weighted by Gasteiger charge is 2.06. The number of benzene rings is 2. The summed E-state index contributed by atoms with van der Waals surface area (Å²) in [5.74, 6) is 0. The van der Waals surface area contributed by atoms with Gasteiger partial charge >= 0.3 is 0 Å². The zero-order valence-electron chi connectivity index (χ0n) is 10.4. The van der Waals surface area contributed by atoms with Crippen LogP contribution >= 0.6 is 27.5 Å². The van der Waals surface area contributed by atoms with Gasteiger partial charge in [-0.15, -0.1) is 0 Å². The van der Waals surface area contributed by atoms with Crippen LogP contribution in [0, 0.1) is 11.3 Å². The van der Waals surface area contributed by atoms with Crippen LogP contribution in [0.15, 0.2) is 46.9 Å². The molecule has 0 aliphatic heterocycles. The fraction of sp³-hybridized carbons (Fsp3) is 0.133. The third-order valence-electron chi connectivity index (χ3n) is 2.86. The van der Waals surface area contributed by atoms with E-state index in [4.69, 9.17) is 16.9 Å². The quantitative estimate of drug-likeness (QED) is 0.819. The summed E-state index contributed by atoms with van der Waals surface area (Å²) in [6, 6.07) is 15.5. The molecule has 2 aromatic rings. The summed E-state index contributed by atoms with van der Waals surface area (Å²) in [6.07, 6.45) is 0. The standard InChI is InChI=1S/C15H12BrClN2/c1-19(14-6-2-11(9-18)3-7-14)10-12-4-5-13(16)8-15(12)17/h2-8H,10H2,1H3. The summed E-state index contributed by atoms with van der Waals surface area (Å²) in [7, 11) is 2.00. The SMILES string of the molecule is CN(Cc1ccc(Br)cc1Cl)c1ccc(C#N)cc1. The molecule has 0 aliphatic carbocycles. The predicted molar refractivity (Wildman–Crippen MR) is 82.4 cm³/mol. The van der Waals surface area contributed by atoms with Gasteiger partial charge in [0.25, 0.3) is 0 Å². The van der Waals surface area contributed by atoms with Crippen molar-refractivity contribution in [1.29, 1.82) is 5.26 Å². The minimum Gasteiger partial charge on any atom is -0.370 e. The van der Waals surface area contributed by atoms with Crippen LogP contribution < -0.4 is 4.90 Å². The van der Waals surface area contributed by atoms with E-state index in [1.807, 2.05) is 49.5 Å². The predicted octanol–water partition coefficient (Wildman–Crippen LogP) is 4.61. The molecule has 0 aromatic heterocycles. The molecule has 0 bridgehead atoms. The number of hydrogen-bond donors (Lipinski definition) is 0. The first-order valence-corrected chi connectivity index (χ1v) is 6.92. The summed E-state index contributed by atoms with van der Waals surface area (Å²) >= 11 is 9.60. The highest BCUT2D eigenvalue weighted by atomic mass is 79.9. The lowest BCUT2D eigenvalue weighted by Crippen LogP contribution is -2.16. The Balaban J connectivity index is 2.16. The van der Waals surface area contributed by atoms with Crippen LogP contribution in [0.3, 0.4) is 0 Å². The molecular formula is C15H12BrClN2. The van der Waals surface area contributed by atoms with Gasteiger partial charge in [-0.2, -0.15) is 5.26 Å². The lowest BCUT2D eigenvalue weighted by molar-refractivity contribution is 0.923. The molecule has 0 aliphatic rings. The normalized spacial score (nSPS) is 10.0. The number of anilines is 1. The minimum atomic E-state index is 0.666. The molecule has 0 amide bonds. The lowest BCUT2D eigenvalue weighted by Gasteiger charge is -2.20. The third-order valence-corrected chi connectivity index (χ3v) is 3.70. The first-order chi connectivity index (χ1) is 9.10. The molecule has 19 heavy (non-hydrogen) atoms. The van der Waals surface area contributed by atoms with E-state index >= 15 is 0 Å². The van der Waals surface area contributed by atoms with Gasteiger partial charge in [0.05, 0.1) is 11.6 Å². The number of rotatable bonds is 3. The van der Waals surface area contributed by atoms with Gasteiger partial charge in [0.15, 0.2) is 0 Å². The summed E-state index contributed by atoms with van der Waals surface area (Å²) < 4.78 is 0.974. The van der Waals surface area contributed by atoms with Crippen LogP contribution in [0.25, 0.3) is 0 Å². The topological polar surface area (TPSA) is 27.0 Å². The average molecular weight is 336 g/mol. The first kappa shape index (κ1) is 13.9. The molecule has 0 atom stereocenters. The van der Waals surface area contributed by atoms with E-state index in [-0.39, 0.29) is 0 Å². The fourth-order valence-electron chi connectivity index (χ4n) is 1.79. The molecule has 0 heterocycles. The first-order valence-electron chi connectivity index (χ1n) is 5.75. The minimum absolute atomic E-state index is 0.666. The fourth-order valence-corrected chi connectivity index (χ4v) is 2.52. The second-order valence-corrected chi connectivity index (χ2v) is 5.57. The van der Waals surface area contributed by atoms with Gasteiger partial charge in [-0.1, -0.05) is 33.6 Å². The van der Waals surface area contributed by atoms with E-state index in [1.54, 1.807) is 0 Å². The Morgan fingerprint density at radius 3 is 2.47 bits per heavy atom. The second-order valence-electron chi connectivity index (χ2n) is 4.25. The summed E-state index contributed by atoms with van der Waals surface area (Å²) in [6.45, 7) is 0.720. The van der Waals surface area contributed by atoms with Crippen LogP contribution in [0.4, 0.5) is 5.69 Å². The van der Waals surface area contributed by atoms with Crippen molar-refractivity contribution in [2.45, 2.75) is 6.54 Å². The molecule has 0 N–H and O–H groups in total. The smallest absolute Gasteiger partial charge is 0.0991 e. The molecule has 0 spiro atoms. The van der Waals surface area contributed by atoms with Crippen molar-refractivity contribution in [2.75, 3.05) is 11.9 Å². The molecule has 0 fully saturated rings. The second kappa shape index (κ2) is 6.10. The van der Waals surface area contributed by atoms with Gasteiger partial charge in [0, 0.05) is 28.8 Å². The molecular weight excluding hydrogens is 324 g/mol. The van der Waals surface area contributed by atoms with E-state index in [2.05, 4.69) is 26.9 Å². The number of halogens is 2. The Hall–Kier alpha value is -1.50. The highest BCUT2D eigenvalue weighted by Crippen LogP contribution is 2.24. The Morgan fingerprint density at radius 2 is 1.89 bits per heavy atom. The molecule has 0 saturated carbocycles. The molecule has 96 valence electrons. The zero-order valence-corrected chi connectivity index (χ0v) is 12.7. The maximum absolute atomic E-state index is 8.78. The van der Waals surface area contributed by atoms with Crippen molar-refractivity contribution < 1.29 is 0 Å². The van der Waals surface area contributed by atoms with Gasteiger partial charge < -0.3 is 4.90 Å². The Labute approximate surface area is 126 Å². The number of hydrogen-bond acceptors (Lipinski definition) is 2.